The van der Waals surface area contributed by atoms with Crippen LogP contribution in [0.4, 0.5) is 5.69 Å². The number of nitrogens with one attached hydrogen (secondary N) is 2. The Labute approximate surface area is 170 Å². The van der Waals surface area contributed by atoms with Gasteiger partial charge in [-0.15, -0.1) is 11.8 Å². The van der Waals surface area contributed by atoms with Crippen LogP contribution in [0.15, 0.2) is 53.4 Å². The number of hydrogen-bond acceptors (Lipinski definition) is 4. The van der Waals surface area contributed by atoms with E-state index in [4.69, 9.17) is 0 Å². The van der Waals surface area contributed by atoms with Gasteiger partial charge in [0.1, 0.15) is 0 Å². The van der Waals surface area contributed by atoms with E-state index >= 15 is 0 Å². The largest absolute Gasteiger partial charge is 0.338 e. The molecule has 1 unspecified atom stereocenters. The topological polar surface area (TPSA) is 61.4 Å². The zero-order chi connectivity index (χ0) is 19.9. The Hall–Kier alpha value is -2.31. The number of aryl methyl sites for hydroxylation is 1. The molecule has 1 heterocycles. The lowest BCUT2D eigenvalue weighted by Gasteiger charge is -2.18. The molecule has 1 aliphatic rings. The summed E-state index contributed by atoms with van der Waals surface area (Å²) in [5, 5.41) is 6.09. The van der Waals surface area contributed by atoms with Gasteiger partial charge in [0, 0.05) is 23.7 Å². The number of rotatable bonds is 7. The van der Waals surface area contributed by atoms with Gasteiger partial charge in [-0.1, -0.05) is 29.8 Å². The van der Waals surface area contributed by atoms with Crippen molar-refractivity contribution in [2.24, 2.45) is 5.92 Å². The molecule has 6 heteroatoms. The molecule has 0 spiro atoms. The summed E-state index contributed by atoms with van der Waals surface area (Å²) in [5.41, 5.74) is 2.62. The third-order valence-electron chi connectivity index (χ3n) is 4.88. The number of likely N-dealkylation sites (tertiary alicyclic amines) is 1. The first-order valence-corrected chi connectivity index (χ1v) is 10.6. The fourth-order valence-electron chi connectivity index (χ4n) is 3.39. The normalized spacial score (nSPS) is 16.2. The van der Waals surface area contributed by atoms with E-state index in [0.717, 1.165) is 42.2 Å². The predicted octanol–water partition coefficient (Wildman–Crippen LogP) is 3.41. The number of carbonyl (C=O) groups excluding carboxylic acids is 2. The molecule has 0 radical (unpaired) electrons. The molecule has 3 rings (SSSR count). The van der Waals surface area contributed by atoms with Gasteiger partial charge in [-0.3, -0.25) is 9.59 Å². The van der Waals surface area contributed by atoms with Crippen LogP contribution in [0.1, 0.15) is 22.3 Å². The molecule has 0 bridgehead atoms. The van der Waals surface area contributed by atoms with Crippen molar-refractivity contribution in [3.63, 3.8) is 0 Å². The Balaban J connectivity index is 1.60. The van der Waals surface area contributed by atoms with Crippen LogP contribution in [0.3, 0.4) is 0 Å². The monoisotopic (exact) mass is 397 g/mol. The molecule has 2 aromatic rings. The summed E-state index contributed by atoms with van der Waals surface area (Å²) in [6.07, 6.45) is 1.03. The number of amides is 2. The smallest absolute Gasteiger partial charge is 0.254 e. The quantitative estimate of drug-likeness (QED) is 0.703. The van der Waals surface area contributed by atoms with E-state index in [-0.39, 0.29) is 17.6 Å². The first-order chi connectivity index (χ1) is 13.6. The summed E-state index contributed by atoms with van der Waals surface area (Å²) >= 11 is 1.40. The average Bonchev–Trinajstić information content (AvgIpc) is 3.17. The lowest BCUT2D eigenvalue weighted by Crippen LogP contribution is -2.30. The van der Waals surface area contributed by atoms with Gasteiger partial charge in [0.25, 0.3) is 5.91 Å². The molecule has 28 heavy (non-hydrogen) atoms. The minimum absolute atomic E-state index is 0.0562. The van der Waals surface area contributed by atoms with E-state index in [0.29, 0.717) is 11.5 Å². The van der Waals surface area contributed by atoms with Crippen molar-refractivity contribution in [2.75, 3.05) is 37.8 Å². The molecule has 1 aliphatic heterocycles. The second-order valence-corrected chi connectivity index (χ2v) is 8.18. The summed E-state index contributed by atoms with van der Waals surface area (Å²) in [5.74, 6) is 0.752. The first kappa shape index (κ1) is 20.4. The fraction of sp³-hybridized carbons (Fsp3) is 0.364. The van der Waals surface area contributed by atoms with Crippen LogP contribution in [0.25, 0.3) is 0 Å². The number of benzene rings is 2. The maximum absolute atomic E-state index is 13.0. The highest BCUT2D eigenvalue weighted by Gasteiger charge is 2.27. The van der Waals surface area contributed by atoms with Crippen LogP contribution in [-0.2, 0) is 4.79 Å². The van der Waals surface area contributed by atoms with Gasteiger partial charge in [-0.2, -0.15) is 0 Å². The third kappa shape index (κ3) is 5.36. The van der Waals surface area contributed by atoms with Crippen molar-refractivity contribution in [3.05, 3.63) is 59.7 Å². The SMILES string of the molecule is CNCC1CCN(C(=O)c2ccccc2SCC(=O)Nc2ccc(C)cc2)C1. The Morgan fingerprint density at radius 1 is 1.14 bits per heavy atom. The number of nitrogens with zero attached hydrogens (tertiary/aromatic N) is 1. The highest BCUT2D eigenvalue weighted by Crippen LogP contribution is 2.26. The van der Waals surface area contributed by atoms with Gasteiger partial charge >= 0.3 is 0 Å². The van der Waals surface area contributed by atoms with Crippen molar-refractivity contribution in [3.8, 4) is 0 Å². The van der Waals surface area contributed by atoms with Crippen molar-refractivity contribution >= 4 is 29.3 Å². The molecule has 0 aromatic heterocycles. The van der Waals surface area contributed by atoms with Gasteiger partial charge in [0.15, 0.2) is 0 Å². The highest BCUT2D eigenvalue weighted by atomic mass is 32.2. The van der Waals surface area contributed by atoms with Gasteiger partial charge in [0.05, 0.1) is 11.3 Å². The minimum Gasteiger partial charge on any atom is -0.338 e. The highest BCUT2D eigenvalue weighted by molar-refractivity contribution is 8.00. The molecule has 0 aliphatic carbocycles. The van der Waals surface area contributed by atoms with Gasteiger partial charge in [-0.25, -0.2) is 0 Å². The van der Waals surface area contributed by atoms with E-state index in [1.54, 1.807) is 0 Å². The Morgan fingerprint density at radius 3 is 2.64 bits per heavy atom. The molecule has 5 nitrogen and oxygen atoms in total. The molecule has 1 fully saturated rings. The van der Waals surface area contributed by atoms with Crippen molar-refractivity contribution in [2.45, 2.75) is 18.2 Å². The zero-order valence-electron chi connectivity index (χ0n) is 16.4. The van der Waals surface area contributed by atoms with Crippen LogP contribution in [0.5, 0.6) is 0 Å². The van der Waals surface area contributed by atoms with Crippen molar-refractivity contribution < 1.29 is 9.59 Å². The summed E-state index contributed by atoms with van der Waals surface area (Å²) in [4.78, 5) is 28.0. The molecule has 2 aromatic carbocycles. The second kappa shape index (κ2) is 9.75. The lowest BCUT2D eigenvalue weighted by atomic mass is 10.1. The number of hydrogen-bond donors (Lipinski definition) is 2. The average molecular weight is 398 g/mol. The predicted molar refractivity (Wildman–Crippen MR) is 115 cm³/mol. The lowest BCUT2D eigenvalue weighted by molar-refractivity contribution is -0.113. The van der Waals surface area contributed by atoms with Crippen LogP contribution in [0.2, 0.25) is 0 Å². The third-order valence-corrected chi connectivity index (χ3v) is 5.95. The first-order valence-electron chi connectivity index (χ1n) is 9.59. The summed E-state index contributed by atoms with van der Waals surface area (Å²) in [6.45, 7) is 4.51. The van der Waals surface area contributed by atoms with E-state index in [1.165, 1.54) is 11.8 Å². The summed E-state index contributed by atoms with van der Waals surface area (Å²) in [6, 6.07) is 15.3. The van der Waals surface area contributed by atoms with Gasteiger partial charge in [0.2, 0.25) is 5.91 Å². The maximum Gasteiger partial charge on any atom is 0.254 e. The summed E-state index contributed by atoms with van der Waals surface area (Å²) < 4.78 is 0. The van der Waals surface area contributed by atoms with Gasteiger partial charge in [-0.05, 0) is 57.1 Å². The molecule has 1 atom stereocenters. The molecular formula is C22H27N3O2S. The van der Waals surface area contributed by atoms with E-state index in [9.17, 15) is 9.59 Å². The number of anilines is 1. The number of carbonyl (C=O) groups is 2. The van der Waals surface area contributed by atoms with E-state index in [2.05, 4.69) is 10.6 Å². The Kier molecular flexibility index (Phi) is 7.12. The fourth-order valence-corrected chi connectivity index (χ4v) is 4.23. The molecular weight excluding hydrogens is 370 g/mol. The minimum atomic E-state index is -0.0774. The molecule has 2 amide bonds. The van der Waals surface area contributed by atoms with Crippen LogP contribution < -0.4 is 10.6 Å². The molecule has 1 saturated heterocycles. The van der Waals surface area contributed by atoms with Crippen LogP contribution in [-0.4, -0.2) is 49.1 Å². The standard InChI is InChI=1S/C22H27N3O2S/c1-16-7-9-18(10-8-16)24-21(26)15-28-20-6-4-3-5-19(20)22(27)25-12-11-17(14-25)13-23-2/h3-10,17,23H,11-15H2,1-2H3,(H,24,26). The summed E-state index contributed by atoms with van der Waals surface area (Å²) in [7, 11) is 1.94. The molecule has 2 N–H and O–H groups in total. The van der Waals surface area contributed by atoms with Crippen LogP contribution in [0, 0.1) is 12.8 Å². The Bertz CT molecular complexity index is 823. The van der Waals surface area contributed by atoms with E-state index in [1.807, 2.05) is 67.4 Å². The van der Waals surface area contributed by atoms with E-state index < -0.39 is 0 Å². The van der Waals surface area contributed by atoms with Crippen molar-refractivity contribution in [1.29, 1.82) is 0 Å². The molecule has 0 saturated carbocycles. The van der Waals surface area contributed by atoms with Crippen LogP contribution >= 0.6 is 11.8 Å². The zero-order valence-corrected chi connectivity index (χ0v) is 17.2. The number of thioether (sulfide) groups is 1. The Morgan fingerprint density at radius 2 is 1.89 bits per heavy atom. The van der Waals surface area contributed by atoms with Gasteiger partial charge < -0.3 is 15.5 Å². The maximum atomic E-state index is 13.0. The van der Waals surface area contributed by atoms with Crippen molar-refractivity contribution in [1.82, 2.24) is 10.2 Å². The second-order valence-electron chi connectivity index (χ2n) is 7.16. The molecule has 148 valence electrons.